The van der Waals surface area contributed by atoms with E-state index < -0.39 is 0 Å². The number of amides is 1. The Labute approximate surface area is 175 Å². The Hall–Kier alpha value is -3.58. The highest BCUT2D eigenvalue weighted by molar-refractivity contribution is 6.01. The van der Waals surface area contributed by atoms with Gasteiger partial charge in [-0.25, -0.2) is 4.68 Å². The van der Waals surface area contributed by atoms with Gasteiger partial charge in [-0.15, -0.1) is 0 Å². The van der Waals surface area contributed by atoms with Crippen LogP contribution in [-0.4, -0.2) is 29.9 Å². The topological polar surface area (TPSA) is 74.6 Å². The van der Waals surface area contributed by atoms with E-state index in [4.69, 9.17) is 14.2 Å². The molecule has 3 aromatic rings. The number of carbonyl (C=O) groups is 1. The van der Waals surface area contributed by atoms with Crippen LogP contribution in [0.2, 0.25) is 0 Å². The Bertz CT molecular complexity index is 1030. The lowest BCUT2D eigenvalue weighted by molar-refractivity contribution is -0.111. The van der Waals surface area contributed by atoms with Crippen LogP contribution in [0.1, 0.15) is 16.7 Å². The summed E-state index contributed by atoms with van der Waals surface area (Å²) >= 11 is 0. The van der Waals surface area contributed by atoms with E-state index in [1.165, 1.54) is 6.08 Å². The SMILES string of the molecule is COCn1cc(NC(=O)/C=C/c2ccc(OC)c(COc3ccccc3C)c2)cn1. The average molecular weight is 407 g/mol. The summed E-state index contributed by atoms with van der Waals surface area (Å²) in [4.78, 5) is 12.2. The Morgan fingerprint density at radius 2 is 2.00 bits per heavy atom. The van der Waals surface area contributed by atoms with E-state index in [1.54, 1.807) is 37.4 Å². The summed E-state index contributed by atoms with van der Waals surface area (Å²) in [5.41, 5.74) is 3.43. The monoisotopic (exact) mass is 407 g/mol. The van der Waals surface area contributed by atoms with Crippen molar-refractivity contribution in [1.29, 1.82) is 0 Å². The summed E-state index contributed by atoms with van der Waals surface area (Å²) in [6.45, 7) is 2.69. The molecule has 30 heavy (non-hydrogen) atoms. The minimum absolute atomic E-state index is 0.250. The second-order valence-electron chi connectivity index (χ2n) is 6.63. The van der Waals surface area contributed by atoms with Gasteiger partial charge < -0.3 is 19.5 Å². The molecule has 1 N–H and O–H groups in total. The number of benzene rings is 2. The number of hydrogen-bond acceptors (Lipinski definition) is 5. The highest BCUT2D eigenvalue weighted by Gasteiger charge is 2.07. The molecule has 0 aliphatic carbocycles. The van der Waals surface area contributed by atoms with Gasteiger partial charge in [-0.2, -0.15) is 5.10 Å². The zero-order valence-corrected chi connectivity index (χ0v) is 17.3. The maximum atomic E-state index is 12.2. The van der Waals surface area contributed by atoms with Crippen LogP contribution in [0.4, 0.5) is 5.69 Å². The summed E-state index contributed by atoms with van der Waals surface area (Å²) in [5, 5.41) is 6.85. The van der Waals surface area contributed by atoms with Crippen molar-refractivity contribution in [2.24, 2.45) is 0 Å². The molecule has 0 saturated carbocycles. The molecule has 7 nitrogen and oxygen atoms in total. The number of ether oxygens (including phenoxy) is 3. The van der Waals surface area contributed by atoms with Crippen molar-refractivity contribution in [2.45, 2.75) is 20.3 Å². The van der Waals surface area contributed by atoms with Crippen LogP contribution in [0.25, 0.3) is 6.08 Å². The average Bonchev–Trinajstić information content (AvgIpc) is 3.18. The van der Waals surface area contributed by atoms with Crippen LogP contribution >= 0.6 is 0 Å². The number of nitrogens with one attached hydrogen (secondary N) is 1. The number of methoxy groups -OCH3 is 2. The number of carbonyl (C=O) groups excluding carboxylic acids is 1. The molecule has 1 aromatic heterocycles. The first-order chi connectivity index (χ1) is 14.6. The van der Waals surface area contributed by atoms with Crippen LogP contribution in [-0.2, 0) is 22.9 Å². The van der Waals surface area contributed by atoms with Crippen LogP contribution < -0.4 is 14.8 Å². The van der Waals surface area contributed by atoms with Crippen LogP contribution in [0, 0.1) is 6.92 Å². The molecule has 2 aromatic carbocycles. The normalized spacial score (nSPS) is 10.9. The quantitative estimate of drug-likeness (QED) is 0.542. The molecular formula is C23H25N3O4. The van der Waals surface area contributed by atoms with Gasteiger partial charge in [0.05, 0.1) is 25.2 Å². The van der Waals surface area contributed by atoms with E-state index in [-0.39, 0.29) is 5.91 Å². The number of para-hydroxylation sites is 1. The summed E-state index contributed by atoms with van der Waals surface area (Å²) in [6, 6.07) is 13.5. The molecule has 0 spiro atoms. The maximum absolute atomic E-state index is 12.2. The number of aryl methyl sites for hydroxylation is 1. The zero-order chi connectivity index (χ0) is 21.3. The van der Waals surface area contributed by atoms with Gasteiger partial charge in [-0.1, -0.05) is 24.3 Å². The van der Waals surface area contributed by atoms with Gasteiger partial charge in [0, 0.05) is 18.7 Å². The highest BCUT2D eigenvalue weighted by Crippen LogP contribution is 2.24. The van der Waals surface area contributed by atoms with Crippen molar-refractivity contribution >= 4 is 17.7 Å². The summed E-state index contributed by atoms with van der Waals surface area (Å²) in [5.74, 6) is 1.31. The first-order valence-electron chi connectivity index (χ1n) is 9.45. The maximum Gasteiger partial charge on any atom is 0.248 e. The second kappa shape index (κ2) is 10.3. The van der Waals surface area contributed by atoms with Gasteiger partial charge in [0.15, 0.2) is 0 Å². The van der Waals surface area contributed by atoms with E-state index in [2.05, 4.69) is 10.4 Å². The fourth-order valence-corrected chi connectivity index (χ4v) is 2.88. The van der Waals surface area contributed by atoms with Crippen molar-refractivity contribution in [3.8, 4) is 11.5 Å². The first kappa shape index (κ1) is 21.1. The van der Waals surface area contributed by atoms with Gasteiger partial charge in [-0.3, -0.25) is 4.79 Å². The Balaban J connectivity index is 1.65. The van der Waals surface area contributed by atoms with E-state index in [1.807, 2.05) is 49.4 Å². The van der Waals surface area contributed by atoms with Gasteiger partial charge in [0.25, 0.3) is 0 Å². The van der Waals surface area contributed by atoms with Gasteiger partial charge in [0.2, 0.25) is 5.91 Å². The third kappa shape index (κ3) is 5.71. The minimum Gasteiger partial charge on any atom is -0.496 e. The highest BCUT2D eigenvalue weighted by atomic mass is 16.5. The fraction of sp³-hybridized carbons (Fsp3) is 0.217. The third-order valence-corrected chi connectivity index (χ3v) is 4.37. The van der Waals surface area contributed by atoms with E-state index in [0.717, 1.165) is 28.2 Å². The molecule has 0 unspecified atom stereocenters. The second-order valence-corrected chi connectivity index (χ2v) is 6.63. The molecule has 156 valence electrons. The van der Waals surface area contributed by atoms with Gasteiger partial charge in [0.1, 0.15) is 24.8 Å². The van der Waals surface area contributed by atoms with Crippen molar-refractivity contribution < 1.29 is 19.0 Å². The van der Waals surface area contributed by atoms with Crippen molar-refractivity contribution in [1.82, 2.24) is 9.78 Å². The predicted octanol–water partition coefficient (Wildman–Crippen LogP) is 4.03. The van der Waals surface area contributed by atoms with Crippen molar-refractivity contribution in [2.75, 3.05) is 19.5 Å². The van der Waals surface area contributed by atoms with E-state index in [0.29, 0.717) is 19.0 Å². The first-order valence-corrected chi connectivity index (χ1v) is 9.45. The van der Waals surface area contributed by atoms with Gasteiger partial charge in [-0.05, 0) is 42.3 Å². The van der Waals surface area contributed by atoms with E-state index >= 15 is 0 Å². The lowest BCUT2D eigenvalue weighted by Crippen LogP contribution is -2.07. The molecule has 0 saturated heterocycles. The molecule has 0 radical (unpaired) electrons. The lowest BCUT2D eigenvalue weighted by Gasteiger charge is -2.12. The lowest BCUT2D eigenvalue weighted by atomic mass is 10.1. The third-order valence-electron chi connectivity index (χ3n) is 4.37. The largest absolute Gasteiger partial charge is 0.496 e. The van der Waals surface area contributed by atoms with Crippen LogP contribution in [0.5, 0.6) is 11.5 Å². The molecular weight excluding hydrogens is 382 g/mol. The number of rotatable bonds is 9. The minimum atomic E-state index is -0.250. The fourth-order valence-electron chi connectivity index (χ4n) is 2.88. The number of hydrogen-bond donors (Lipinski definition) is 1. The van der Waals surface area contributed by atoms with E-state index in [9.17, 15) is 4.79 Å². The Morgan fingerprint density at radius 1 is 1.17 bits per heavy atom. The molecule has 0 atom stereocenters. The molecule has 0 aliphatic heterocycles. The number of aromatic nitrogens is 2. The standard InChI is InChI=1S/C23H25N3O4/c1-17-6-4-5-7-21(17)30-15-19-12-18(8-10-22(19)29-3)9-11-23(27)25-20-13-24-26(14-20)16-28-2/h4-14H,15-16H2,1-3H3,(H,25,27)/b11-9+. The molecule has 7 heteroatoms. The molecule has 0 aliphatic rings. The smallest absolute Gasteiger partial charge is 0.248 e. The number of nitrogens with zero attached hydrogens (tertiary/aromatic N) is 2. The Kier molecular flexibility index (Phi) is 7.24. The molecule has 1 heterocycles. The molecule has 3 rings (SSSR count). The predicted molar refractivity (Wildman–Crippen MR) is 115 cm³/mol. The summed E-state index contributed by atoms with van der Waals surface area (Å²) in [6.07, 6.45) is 6.48. The summed E-state index contributed by atoms with van der Waals surface area (Å²) < 4.78 is 18.0. The van der Waals surface area contributed by atoms with Crippen LogP contribution in [0.3, 0.4) is 0 Å². The molecule has 0 fully saturated rings. The van der Waals surface area contributed by atoms with Crippen molar-refractivity contribution in [3.05, 3.63) is 77.6 Å². The Morgan fingerprint density at radius 3 is 2.77 bits per heavy atom. The number of anilines is 1. The zero-order valence-electron chi connectivity index (χ0n) is 17.3. The van der Waals surface area contributed by atoms with Crippen molar-refractivity contribution in [3.63, 3.8) is 0 Å². The molecule has 1 amide bonds. The molecule has 0 bridgehead atoms. The van der Waals surface area contributed by atoms with Crippen LogP contribution in [0.15, 0.2) is 60.9 Å². The van der Waals surface area contributed by atoms with Gasteiger partial charge >= 0.3 is 0 Å². The summed E-state index contributed by atoms with van der Waals surface area (Å²) in [7, 11) is 3.21.